The smallest absolute Gasteiger partial charge is 0.408 e. The Morgan fingerprint density at radius 2 is 1.43 bits per heavy atom. The topological polar surface area (TPSA) is 131 Å². The second-order valence-corrected chi connectivity index (χ2v) is 8.97. The number of alkyl carbamates (subject to hydrolysis) is 1. The number of carbonyl (C=O) groups is 4. The molecule has 0 bridgehead atoms. The first-order chi connectivity index (χ1) is 16.5. The van der Waals surface area contributed by atoms with Crippen LogP contribution >= 0.6 is 0 Å². The van der Waals surface area contributed by atoms with Crippen LogP contribution in [0.15, 0.2) is 60.7 Å². The number of carboxylic acid groups (broad SMARTS) is 1. The minimum atomic E-state index is -1.38. The third-order valence-corrected chi connectivity index (χ3v) is 4.79. The van der Waals surface area contributed by atoms with Gasteiger partial charge < -0.3 is 25.2 Å². The fourth-order valence-corrected chi connectivity index (χ4v) is 3.15. The largest absolute Gasteiger partial charge is 0.480 e. The highest BCUT2D eigenvalue weighted by Crippen LogP contribution is 2.11. The minimum absolute atomic E-state index is 0.0394. The van der Waals surface area contributed by atoms with Crippen LogP contribution in [-0.2, 0) is 36.9 Å². The van der Waals surface area contributed by atoms with Crippen LogP contribution in [0.3, 0.4) is 0 Å². The summed E-state index contributed by atoms with van der Waals surface area (Å²) in [4.78, 5) is 49.4. The van der Waals surface area contributed by atoms with E-state index in [4.69, 9.17) is 9.47 Å². The lowest BCUT2D eigenvalue weighted by atomic mass is 10.0. The van der Waals surface area contributed by atoms with E-state index in [1.165, 1.54) is 0 Å². The van der Waals surface area contributed by atoms with Crippen LogP contribution in [0.25, 0.3) is 0 Å². The summed E-state index contributed by atoms with van der Waals surface area (Å²) < 4.78 is 10.4. The Balaban J connectivity index is 2.05. The molecule has 0 aromatic heterocycles. The molecule has 188 valence electrons. The molecule has 0 saturated carbocycles. The molecule has 0 saturated heterocycles. The third kappa shape index (κ3) is 10.7. The lowest BCUT2D eigenvalue weighted by Gasteiger charge is -2.23. The highest BCUT2D eigenvalue weighted by atomic mass is 16.6. The Kier molecular flexibility index (Phi) is 10.3. The third-order valence-electron chi connectivity index (χ3n) is 4.79. The number of carboxylic acids is 1. The maximum Gasteiger partial charge on any atom is 0.408 e. The molecule has 2 atom stereocenters. The summed E-state index contributed by atoms with van der Waals surface area (Å²) in [5.41, 5.74) is 0.856. The monoisotopic (exact) mass is 484 g/mol. The first-order valence-electron chi connectivity index (χ1n) is 11.3. The number of esters is 1. The molecular formula is C26H32N2O7. The lowest BCUT2D eigenvalue weighted by Crippen LogP contribution is -2.52. The van der Waals surface area contributed by atoms with Gasteiger partial charge in [0, 0.05) is 0 Å². The van der Waals surface area contributed by atoms with E-state index in [1.54, 1.807) is 45.0 Å². The van der Waals surface area contributed by atoms with E-state index in [0.29, 0.717) is 6.42 Å². The first-order valence-corrected chi connectivity index (χ1v) is 11.3. The summed E-state index contributed by atoms with van der Waals surface area (Å²) in [6.45, 7) is 4.98. The van der Waals surface area contributed by atoms with Crippen LogP contribution in [0.2, 0.25) is 0 Å². The van der Waals surface area contributed by atoms with Gasteiger partial charge in [0.05, 0.1) is 6.42 Å². The van der Waals surface area contributed by atoms with Crippen molar-refractivity contribution in [2.24, 2.45) is 0 Å². The van der Waals surface area contributed by atoms with Gasteiger partial charge in [-0.25, -0.2) is 9.59 Å². The number of ether oxygens (including phenoxy) is 2. The van der Waals surface area contributed by atoms with Gasteiger partial charge in [-0.1, -0.05) is 60.7 Å². The van der Waals surface area contributed by atoms with Crippen LogP contribution < -0.4 is 10.6 Å². The first kappa shape index (κ1) is 27.4. The summed E-state index contributed by atoms with van der Waals surface area (Å²) >= 11 is 0. The van der Waals surface area contributed by atoms with Crippen molar-refractivity contribution in [1.29, 1.82) is 0 Å². The quantitative estimate of drug-likeness (QED) is 0.417. The zero-order valence-corrected chi connectivity index (χ0v) is 20.2. The average molecular weight is 485 g/mol. The molecule has 2 aromatic carbocycles. The molecule has 0 aliphatic heterocycles. The standard InChI is InChI=1S/C26H32N2O7/c1-26(2,3)35-22(29)16-21(28-25(33)34-17-19-12-8-5-9-13-19)23(30)27-20(24(31)32)15-14-18-10-6-4-7-11-18/h4-13,20-21H,14-17H2,1-3H3,(H,27,30)(H,28,33)(H,31,32)/t20-,21-/m0/s1. The fourth-order valence-electron chi connectivity index (χ4n) is 3.15. The van der Waals surface area contributed by atoms with Gasteiger partial charge in [-0.05, 0) is 44.7 Å². The van der Waals surface area contributed by atoms with Crippen LogP contribution in [0.5, 0.6) is 0 Å². The highest BCUT2D eigenvalue weighted by Gasteiger charge is 2.30. The normalized spacial score (nSPS) is 12.7. The van der Waals surface area contributed by atoms with E-state index < -0.39 is 48.0 Å². The lowest BCUT2D eigenvalue weighted by molar-refractivity contribution is -0.156. The zero-order chi connectivity index (χ0) is 25.8. The van der Waals surface area contributed by atoms with Crippen molar-refractivity contribution < 1.29 is 33.8 Å². The van der Waals surface area contributed by atoms with Crippen molar-refractivity contribution in [3.05, 3.63) is 71.8 Å². The Morgan fingerprint density at radius 3 is 1.97 bits per heavy atom. The number of nitrogens with one attached hydrogen (secondary N) is 2. The van der Waals surface area contributed by atoms with Crippen LogP contribution in [0, 0.1) is 0 Å². The van der Waals surface area contributed by atoms with Gasteiger partial charge in [0.15, 0.2) is 0 Å². The molecule has 0 unspecified atom stereocenters. The molecule has 35 heavy (non-hydrogen) atoms. The van der Waals surface area contributed by atoms with E-state index in [1.807, 2.05) is 36.4 Å². The zero-order valence-electron chi connectivity index (χ0n) is 20.2. The van der Waals surface area contributed by atoms with Gasteiger partial charge >= 0.3 is 18.0 Å². The van der Waals surface area contributed by atoms with Gasteiger partial charge in [0.1, 0.15) is 24.3 Å². The number of carbonyl (C=O) groups excluding carboxylic acids is 3. The molecule has 3 N–H and O–H groups in total. The van der Waals surface area contributed by atoms with E-state index in [0.717, 1.165) is 11.1 Å². The second-order valence-electron chi connectivity index (χ2n) is 8.97. The number of hydrogen-bond acceptors (Lipinski definition) is 6. The molecule has 0 spiro atoms. The maximum absolute atomic E-state index is 12.9. The summed E-state index contributed by atoms with van der Waals surface area (Å²) in [5.74, 6) is -2.78. The summed E-state index contributed by atoms with van der Waals surface area (Å²) in [6.07, 6.45) is -0.868. The van der Waals surface area contributed by atoms with Crippen molar-refractivity contribution in [2.75, 3.05) is 0 Å². The van der Waals surface area contributed by atoms with Gasteiger partial charge in [-0.3, -0.25) is 9.59 Å². The summed E-state index contributed by atoms with van der Waals surface area (Å²) in [5, 5.41) is 14.4. The Morgan fingerprint density at radius 1 is 0.857 bits per heavy atom. The van der Waals surface area contributed by atoms with Crippen molar-refractivity contribution in [2.45, 2.75) is 64.3 Å². The molecular weight excluding hydrogens is 452 g/mol. The van der Waals surface area contributed by atoms with E-state index in [-0.39, 0.29) is 13.0 Å². The van der Waals surface area contributed by atoms with Crippen LogP contribution in [0.4, 0.5) is 4.79 Å². The number of aliphatic carboxylic acids is 1. The van der Waals surface area contributed by atoms with Crippen molar-refractivity contribution in [3.8, 4) is 0 Å². The minimum Gasteiger partial charge on any atom is -0.480 e. The van der Waals surface area contributed by atoms with Gasteiger partial charge in [0.2, 0.25) is 5.91 Å². The van der Waals surface area contributed by atoms with Crippen molar-refractivity contribution in [1.82, 2.24) is 10.6 Å². The summed E-state index contributed by atoms with van der Waals surface area (Å²) in [7, 11) is 0. The number of amides is 2. The molecule has 0 aliphatic carbocycles. The van der Waals surface area contributed by atoms with Gasteiger partial charge in [-0.15, -0.1) is 0 Å². The molecule has 0 heterocycles. The molecule has 0 radical (unpaired) electrons. The molecule has 0 aliphatic rings. The molecule has 2 aromatic rings. The predicted molar refractivity (Wildman–Crippen MR) is 128 cm³/mol. The second kappa shape index (κ2) is 13.1. The van der Waals surface area contributed by atoms with Gasteiger partial charge in [-0.2, -0.15) is 0 Å². The number of aryl methyl sites for hydroxylation is 1. The van der Waals surface area contributed by atoms with Crippen molar-refractivity contribution >= 4 is 23.9 Å². The molecule has 2 amide bonds. The Bertz CT molecular complexity index is 988. The predicted octanol–water partition coefficient (Wildman–Crippen LogP) is 3.22. The average Bonchev–Trinajstić information content (AvgIpc) is 2.79. The van der Waals surface area contributed by atoms with Crippen molar-refractivity contribution in [3.63, 3.8) is 0 Å². The molecule has 2 rings (SSSR count). The molecule has 9 heteroatoms. The highest BCUT2D eigenvalue weighted by molar-refractivity contribution is 5.92. The van der Waals surface area contributed by atoms with E-state index in [9.17, 15) is 24.3 Å². The fraction of sp³-hybridized carbons (Fsp3) is 0.385. The van der Waals surface area contributed by atoms with Crippen LogP contribution in [0.1, 0.15) is 44.7 Å². The number of hydrogen-bond donors (Lipinski definition) is 3. The molecule has 0 fully saturated rings. The SMILES string of the molecule is CC(C)(C)OC(=O)C[C@H](NC(=O)OCc1ccccc1)C(=O)N[C@@H](CCc1ccccc1)C(=O)O. The van der Waals surface area contributed by atoms with Gasteiger partial charge in [0.25, 0.3) is 0 Å². The maximum atomic E-state index is 12.9. The number of benzene rings is 2. The Labute approximate surface area is 204 Å². The number of rotatable bonds is 11. The van der Waals surface area contributed by atoms with E-state index in [2.05, 4.69) is 10.6 Å². The molecule has 9 nitrogen and oxygen atoms in total. The van der Waals surface area contributed by atoms with E-state index >= 15 is 0 Å². The van der Waals surface area contributed by atoms with Crippen LogP contribution in [-0.4, -0.2) is 46.7 Å². The summed E-state index contributed by atoms with van der Waals surface area (Å²) in [6, 6.07) is 15.6. The Hall–Kier alpha value is -3.88.